The molecule has 15 heteroatoms. The van der Waals surface area contributed by atoms with Gasteiger partial charge in [0.05, 0.1) is 6.42 Å². The summed E-state index contributed by atoms with van der Waals surface area (Å²) >= 11 is 1.90. The predicted octanol–water partition coefficient (Wildman–Crippen LogP) is -1.35. The van der Waals surface area contributed by atoms with Crippen molar-refractivity contribution in [2.45, 2.75) is 17.7 Å². The summed E-state index contributed by atoms with van der Waals surface area (Å²) in [5.41, 5.74) is 5.20. The fraction of sp³-hybridized carbons (Fsp3) is 0.385. The van der Waals surface area contributed by atoms with Crippen LogP contribution in [-0.2, 0) is 24.0 Å². The van der Waals surface area contributed by atoms with Gasteiger partial charge in [0.2, 0.25) is 23.7 Å². The zero-order chi connectivity index (χ0) is 20.1. The number of nitrogens with zero attached hydrogens (tertiary/aromatic N) is 4. The van der Waals surface area contributed by atoms with E-state index in [0.29, 0.717) is 0 Å². The van der Waals surface area contributed by atoms with Gasteiger partial charge >= 0.3 is 5.97 Å². The summed E-state index contributed by atoms with van der Waals surface area (Å²) in [6.07, 6.45) is -1.55. The highest BCUT2D eigenvalue weighted by molar-refractivity contribution is 8.01. The first kappa shape index (κ1) is 18.6. The topological polar surface area (TPSA) is 169 Å². The van der Waals surface area contributed by atoms with Gasteiger partial charge in [-0.25, -0.2) is 9.18 Å². The van der Waals surface area contributed by atoms with Gasteiger partial charge in [-0.2, -0.15) is 9.36 Å². The number of hydrogen-bond acceptors (Lipinski definition) is 12. The third kappa shape index (κ3) is 2.78. The summed E-state index contributed by atoms with van der Waals surface area (Å²) in [4.78, 5) is 44.8. The zero-order valence-electron chi connectivity index (χ0n) is 13.7. The van der Waals surface area contributed by atoms with Crippen LogP contribution in [0.3, 0.4) is 0 Å². The van der Waals surface area contributed by atoms with Crippen LogP contribution in [-0.4, -0.2) is 66.8 Å². The maximum atomic E-state index is 12.8. The monoisotopic (exact) mass is 430 g/mol. The molecule has 2 unspecified atom stereocenters. The third-order valence-corrected chi connectivity index (χ3v) is 5.99. The summed E-state index contributed by atoms with van der Waals surface area (Å²) < 4.78 is 20.9. The maximum absolute atomic E-state index is 12.8. The molecule has 4 rings (SSSR count). The van der Waals surface area contributed by atoms with Crippen molar-refractivity contribution in [3.05, 3.63) is 17.1 Å². The number of hydrogen-bond donors (Lipinski definition) is 3. The van der Waals surface area contributed by atoms with Crippen molar-refractivity contribution in [3.8, 4) is 0 Å². The van der Waals surface area contributed by atoms with Gasteiger partial charge in [-0.05, 0) is 0 Å². The average molecular weight is 430 g/mol. The highest BCUT2D eigenvalue weighted by Crippen LogP contribution is 2.50. The number of fused-ring (bicyclic) bond motifs is 2. The van der Waals surface area contributed by atoms with Gasteiger partial charge < -0.3 is 25.7 Å². The summed E-state index contributed by atoms with van der Waals surface area (Å²) in [5, 5.41) is 15.8. The maximum Gasteiger partial charge on any atom is 0.357 e. The highest BCUT2D eigenvalue weighted by Gasteiger charge is 2.61. The Kier molecular flexibility index (Phi) is 4.43. The number of β-lactam (4-membered cyclic amide) rings is 1. The van der Waals surface area contributed by atoms with E-state index in [1.807, 2.05) is 0 Å². The molecule has 2 atom stereocenters. The molecule has 4 N–H and O–H groups in total. The second-order valence-electron chi connectivity index (χ2n) is 5.70. The van der Waals surface area contributed by atoms with Crippen molar-refractivity contribution in [3.63, 3.8) is 0 Å². The smallest absolute Gasteiger partial charge is 0.357 e. The number of carbonyl (C=O) groups is 3. The number of nitrogens with one attached hydrogen (secondary N) is 1. The molecule has 0 saturated carbocycles. The molecule has 12 nitrogen and oxygen atoms in total. The minimum absolute atomic E-state index is 0.0545. The Hall–Kier alpha value is -2.78. The Morgan fingerprint density at radius 1 is 1.57 bits per heavy atom. The van der Waals surface area contributed by atoms with E-state index >= 15 is 0 Å². The molecule has 1 saturated heterocycles. The fourth-order valence-electron chi connectivity index (χ4n) is 2.92. The number of oxime groups is 1. The van der Waals surface area contributed by atoms with Crippen LogP contribution >= 0.6 is 23.3 Å². The lowest BCUT2D eigenvalue weighted by atomic mass is 10.0. The molecule has 3 aliphatic heterocycles. The second kappa shape index (κ2) is 6.68. The number of cyclic esters (lactones) is 1. The molecule has 0 bridgehead atoms. The SMILES string of the molecule is Nc1nc(C(=NOCF)C(=O)NC23CC(=O)N2C2=C(CS3)C(O)OC2=O)ns1. The number of halogens is 1. The van der Waals surface area contributed by atoms with E-state index in [2.05, 4.69) is 24.7 Å². The van der Waals surface area contributed by atoms with Crippen LogP contribution in [0.5, 0.6) is 0 Å². The molecule has 148 valence electrons. The van der Waals surface area contributed by atoms with Crippen molar-refractivity contribution < 1.29 is 33.5 Å². The summed E-state index contributed by atoms with van der Waals surface area (Å²) in [6.45, 7) is -1.29. The Labute approximate surface area is 163 Å². The number of esters is 1. The molecule has 28 heavy (non-hydrogen) atoms. The van der Waals surface area contributed by atoms with E-state index in [0.717, 1.165) is 28.2 Å². The number of amides is 2. The fourth-order valence-corrected chi connectivity index (χ4v) is 4.74. The van der Waals surface area contributed by atoms with Crippen molar-refractivity contribution in [2.75, 3.05) is 18.3 Å². The minimum atomic E-state index is -1.44. The first-order chi connectivity index (χ1) is 13.4. The van der Waals surface area contributed by atoms with Gasteiger partial charge in [0, 0.05) is 22.9 Å². The summed E-state index contributed by atoms with van der Waals surface area (Å²) in [7, 11) is 0. The Morgan fingerprint density at radius 3 is 3.00 bits per heavy atom. The summed E-state index contributed by atoms with van der Waals surface area (Å²) in [5.74, 6) is -2.22. The number of nitrogens with two attached hydrogens (primary N) is 1. The molecule has 4 heterocycles. The van der Waals surface area contributed by atoms with Crippen molar-refractivity contribution in [1.29, 1.82) is 0 Å². The van der Waals surface area contributed by atoms with Crippen molar-refractivity contribution in [2.24, 2.45) is 5.16 Å². The van der Waals surface area contributed by atoms with Crippen LogP contribution < -0.4 is 11.1 Å². The van der Waals surface area contributed by atoms with E-state index < -0.39 is 41.6 Å². The first-order valence-electron chi connectivity index (χ1n) is 7.63. The van der Waals surface area contributed by atoms with Crippen molar-refractivity contribution >= 4 is 51.9 Å². The highest BCUT2D eigenvalue weighted by atomic mass is 32.2. The van der Waals surface area contributed by atoms with E-state index in [-0.39, 0.29) is 34.4 Å². The van der Waals surface area contributed by atoms with Gasteiger partial charge in [0.1, 0.15) is 5.70 Å². The number of alkyl halides is 1. The Balaban J connectivity index is 1.63. The largest absolute Gasteiger partial charge is 0.427 e. The van der Waals surface area contributed by atoms with Crippen LogP contribution in [0, 0.1) is 0 Å². The molecule has 2 amide bonds. The van der Waals surface area contributed by atoms with Gasteiger partial charge in [-0.3, -0.25) is 14.5 Å². The molecule has 1 aromatic rings. The number of aliphatic hydroxyl groups is 1. The van der Waals surface area contributed by atoms with Gasteiger partial charge in [-0.15, -0.1) is 11.8 Å². The van der Waals surface area contributed by atoms with Gasteiger partial charge in [0.25, 0.3) is 12.8 Å². The van der Waals surface area contributed by atoms with Crippen LogP contribution in [0.2, 0.25) is 0 Å². The molecule has 0 radical (unpaired) electrons. The molecule has 0 aliphatic carbocycles. The van der Waals surface area contributed by atoms with E-state index in [1.54, 1.807) is 0 Å². The Bertz CT molecular complexity index is 950. The van der Waals surface area contributed by atoms with E-state index in [1.165, 1.54) is 0 Å². The quantitative estimate of drug-likeness (QED) is 0.220. The van der Waals surface area contributed by atoms with Gasteiger partial charge in [0.15, 0.2) is 10.1 Å². The number of nitrogen functional groups attached to an aromatic ring is 1. The number of carbonyl (C=O) groups excluding carboxylic acids is 3. The number of thioether (sulfide) groups is 1. The summed E-state index contributed by atoms with van der Waals surface area (Å²) in [6, 6.07) is 0. The second-order valence-corrected chi connectivity index (χ2v) is 7.74. The lowest BCUT2D eigenvalue weighted by Crippen LogP contribution is -2.71. The standard InChI is InChI=1S/C13H11FN6O6S2/c14-3-25-18-6(8-16-12(15)28-19-8)9(22)17-13-1-5(21)20(13)7-4(2-27-13)10(23)26-11(7)24/h10,23H,1-3H2,(H,17,22)(H2,15,16,19). The average Bonchev–Trinajstić information content (AvgIpc) is 3.17. The van der Waals surface area contributed by atoms with Crippen LogP contribution in [0.1, 0.15) is 12.2 Å². The van der Waals surface area contributed by atoms with Crippen LogP contribution in [0.25, 0.3) is 0 Å². The van der Waals surface area contributed by atoms with E-state index in [9.17, 15) is 23.9 Å². The lowest BCUT2D eigenvalue weighted by Gasteiger charge is -2.53. The number of aromatic nitrogens is 2. The molecule has 3 aliphatic rings. The third-order valence-electron chi connectivity index (χ3n) is 4.09. The normalized spacial score (nSPS) is 26.4. The minimum Gasteiger partial charge on any atom is -0.427 e. The number of aliphatic hydroxyl groups excluding tert-OH is 1. The van der Waals surface area contributed by atoms with Crippen LogP contribution in [0.15, 0.2) is 16.4 Å². The molecule has 1 aromatic heterocycles. The molecule has 0 spiro atoms. The number of rotatable bonds is 5. The van der Waals surface area contributed by atoms with E-state index in [4.69, 9.17) is 10.5 Å². The lowest BCUT2D eigenvalue weighted by molar-refractivity contribution is -0.159. The molecular formula is C13H11FN6O6S2. The molecule has 1 fully saturated rings. The zero-order valence-corrected chi connectivity index (χ0v) is 15.4. The van der Waals surface area contributed by atoms with Gasteiger partial charge in [-0.1, -0.05) is 5.16 Å². The number of anilines is 1. The van der Waals surface area contributed by atoms with Crippen LogP contribution in [0.4, 0.5) is 9.52 Å². The molecular weight excluding hydrogens is 419 g/mol. The Morgan fingerprint density at radius 2 is 2.36 bits per heavy atom. The first-order valence-corrected chi connectivity index (χ1v) is 9.39. The van der Waals surface area contributed by atoms with Crippen molar-refractivity contribution in [1.82, 2.24) is 19.6 Å². The number of ether oxygens (including phenoxy) is 1. The molecule has 0 aromatic carbocycles. The predicted molar refractivity (Wildman–Crippen MR) is 91.8 cm³/mol.